The van der Waals surface area contributed by atoms with E-state index >= 15 is 0 Å². The second kappa shape index (κ2) is 3.52. The van der Waals surface area contributed by atoms with Crippen LogP contribution in [-0.2, 0) is 9.59 Å². The van der Waals surface area contributed by atoms with Gasteiger partial charge in [0.1, 0.15) is 0 Å². The van der Waals surface area contributed by atoms with Gasteiger partial charge in [-0.15, -0.1) is 0 Å². The molecule has 0 atom stereocenters. The fourth-order valence-corrected chi connectivity index (χ4v) is 1.15. The van der Waals surface area contributed by atoms with Gasteiger partial charge >= 0.3 is 11.5 Å². The Bertz CT molecular complexity index is 354. The Kier molecular flexibility index (Phi) is 2.56. The largest absolute Gasteiger partial charge is 0.475 e. The summed E-state index contributed by atoms with van der Waals surface area (Å²) in [6, 6.07) is 0. The van der Waals surface area contributed by atoms with Crippen molar-refractivity contribution in [2.24, 2.45) is 11.7 Å². The summed E-state index contributed by atoms with van der Waals surface area (Å²) in [4.78, 5) is 31.1. The molecule has 1 rings (SSSR count). The number of carbonyl (C=O) groups is 2. The number of hydrogen-bond acceptors (Lipinski definition) is 4. The third kappa shape index (κ3) is 1.71. The number of aliphatic carboxylic acids is 1. The SMILES string of the molecule is NC(=O)C1C=CC(C(=O)O)([N+](=O)[O-])C=C1. The first-order valence-electron chi connectivity index (χ1n) is 3.96. The average Bonchev–Trinajstić information content (AvgIpc) is 2.17. The third-order valence-electron chi connectivity index (χ3n) is 2.09. The number of nitro groups is 1. The fraction of sp³-hybridized carbons (Fsp3) is 0.250. The van der Waals surface area contributed by atoms with Crippen LogP contribution in [-0.4, -0.2) is 27.4 Å². The zero-order chi connectivity index (χ0) is 11.6. The summed E-state index contributed by atoms with van der Waals surface area (Å²) in [5.41, 5.74) is 2.66. The highest BCUT2D eigenvalue weighted by Gasteiger charge is 2.48. The number of carbonyl (C=O) groups excluding carboxylic acids is 1. The van der Waals surface area contributed by atoms with Crippen molar-refractivity contribution in [3.05, 3.63) is 34.4 Å². The van der Waals surface area contributed by atoms with Crippen LogP contribution in [0.1, 0.15) is 0 Å². The molecule has 0 aromatic carbocycles. The van der Waals surface area contributed by atoms with Crippen LogP contribution >= 0.6 is 0 Å². The Morgan fingerprint density at radius 3 is 2.13 bits per heavy atom. The highest BCUT2D eigenvalue weighted by Crippen LogP contribution is 2.22. The minimum Gasteiger partial charge on any atom is -0.475 e. The molecule has 0 saturated heterocycles. The number of rotatable bonds is 3. The van der Waals surface area contributed by atoms with E-state index in [0.29, 0.717) is 0 Å². The number of nitrogens with two attached hydrogens (primary N) is 1. The summed E-state index contributed by atoms with van der Waals surface area (Å²) < 4.78 is 0. The molecule has 0 fully saturated rings. The van der Waals surface area contributed by atoms with Gasteiger partial charge in [-0.3, -0.25) is 14.9 Å². The van der Waals surface area contributed by atoms with Crippen LogP contribution in [0.3, 0.4) is 0 Å². The van der Waals surface area contributed by atoms with Crippen LogP contribution in [0.5, 0.6) is 0 Å². The number of nitrogens with zero attached hydrogens (tertiary/aromatic N) is 1. The predicted octanol–water partition coefficient (Wildman–Crippen LogP) is -0.686. The van der Waals surface area contributed by atoms with Crippen LogP contribution in [0.2, 0.25) is 0 Å². The maximum absolute atomic E-state index is 10.7. The summed E-state index contributed by atoms with van der Waals surface area (Å²) in [6.45, 7) is 0. The van der Waals surface area contributed by atoms with Gasteiger partial charge in [-0.25, -0.2) is 4.79 Å². The van der Waals surface area contributed by atoms with E-state index in [0.717, 1.165) is 24.3 Å². The van der Waals surface area contributed by atoms with Crippen molar-refractivity contribution in [2.75, 3.05) is 0 Å². The average molecular weight is 212 g/mol. The lowest BCUT2D eigenvalue weighted by atomic mass is 9.90. The fourth-order valence-electron chi connectivity index (χ4n) is 1.15. The summed E-state index contributed by atoms with van der Waals surface area (Å²) in [6.07, 6.45) is 3.92. The molecule has 80 valence electrons. The van der Waals surface area contributed by atoms with Gasteiger partial charge in [0, 0.05) is 17.1 Å². The first-order chi connectivity index (χ1) is 6.90. The Balaban J connectivity index is 3.06. The highest BCUT2D eigenvalue weighted by atomic mass is 16.6. The van der Waals surface area contributed by atoms with Crippen molar-refractivity contribution in [2.45, 2.75) is 5.54 Å². The van der Waals surface area contributed by atoms with E-state index in [1.165, 1.54) is 0 Å². The Labute approximate surface area is 84.0 Å². The molecule has 15 heavy (non-hydrogen) atoms. The quantitative estimate of drug-likeness (QED) is 0.364. The van der Waals surface area contributed by atoms with Gasteiger partial charge in [0.2, 0.25) is 5.91 Å². The Morgan fingerprint density at radius 1 is 1.40 bits per heavy atom. The predicted molar refractivity (Wildman–Crippen MR) is 48.3 cm³/mol. The van der Waals surface area contributed by atoms with E-state index < -0.39 is 28.3 Å². The van der Waals surface area contributed by atoms with Gasteiger partial charge in [-0.1, -0.05) is 12.2 Å². The van der Waals surface area contributed by atoms with Crippen molar-refractivity contribution < 1.29 is 19.6 Å². The molecule has 0 aromatic heterocycles. The zero-order valence-corrected chi connectivity index (χ0v) is 7.49. The number of hydrogen-bond donors (Lipinski definition) is 2. The normalized spacial score (nSPS) is 28.7. The Morgan fingerprint density at radius 2 is 1.87 bits per heavy atom. The van der Waals surface area contributed by atoms with Gasteiger partial charge in [0.15, 0.2) is 0 Å². The van der Waals surface area contributed by atoms with E-state index in [9.17, 15) is 19.7 Å². The number of carboxylic acids is 1. The van der Waals surface area contributed by atoms with Crippen LogP contribution in [0.4, 0.5) is 0 Å². The zero-order valence-electron chi connectivity index (χ0n) is 7.49. The molecule has 7 nitrogen and oxygen atoms in total. The molecule has 0 aliphatic heterocycles. The van der Waals surface area contributed by atoms with E-state index in [-0.39, 0.29) is 0 Å². The van der Waals surface area contributed by atoms with Crippen LogP contribution in [0.25, 0.3) is 0 Å². The molecule has 1 aliphatic rings. The first-order valence-corrected chi connectivity index (χ1v) is 3.96. The Hall–Kier alpha value is -2.18. The number of amides is 1. The molecule has 3 N–H and O–H groups in total. The van der Waals surface area contributed by atoms with Crippen molar-refractivity contribution in [3.63, 3.8) is 0 Å². The van der Waals surface area contributed by atoms with Gasteiger partial charge in [0.05, 0.1) is 5.92 Å². The molecule has 0 unspecified atom stereocenters. The van der Waals surface area contributed by atoms with E-state index in [4.69, 9.17) is 10.8 Å². The molecule has 1 aliphatic carbocycles. The molecular weight excluding hydrogens is 204 g/mol. The molecule has 0 radical (unpaired) electrons. The minimum atomic E-state index is -2.29. The maximum atomic E-state index is 10.7. The van der Waals surface area contributed by atoms with Gasteiger partial charge in [-0.05, 0) is 0 Å². The molecule has 0 heterocycles. The molecule has 7 heteroatoms. The van der Waals surface area contributed by atoms with Crippen molar-refractivity contribution in [3.8, 4) is 0 Å². The third-order valence-corrected chi connectivity index (χ3v) is 2.09. The first kappa shape index (κ1) is 10.9. The smallest absolute Gasteiger partial charge is 0.391 e. The molecule has 0 spiro atoms. The lowest BCUT2D eigenvalue weighted by Gasteiger charge is -2.17. The van der Waals surface area contributed by atoms with Crippen LogP contribution in [0.15, 0.2) is 24.3 Å². The van der Waals surface area contributed by atoms with Crippen molar-refractivity contribution in [1.29, 1.82) is 0 Å². The van der Waals surface area contributed by atoms with E-state index in [1.807, 2.05) is 0 Å². The lowest BCUT2D eigenvalue weighted by Crippen LogP contribution is -2.44. The van der Waals surface area contributed by atoms with Crippen molar-refractivity contribution >= 4 is 11.9 Å². The summed E-state index contributed by atoms with van der Waals surface area (Å²) in [7, 11) is 0. The standard InChI is InChI=1S/C8H8N2O5/c9-6(11)5-1-3-8(4-2-5,7(12)13)10(14)15/h1-5H,(H2,9,11)(H,12,13). The topological polar surface area (TPSA) is 124 Å². The number of carboxylic acid groups (broad SMARTS) is 1. The molecule has 0 saturated carbocycles. The van der Waals surface area contributed by atoms with Crippen LogP contribution in [0, 0.1) is 16.0 Å². The molecule has 0 aromatic rings. The molecule has 0 bridgehead atoms. The monoisotopic (exact) mass is 212 g/mol. The van der Waals surface area contributed by atoms with Crippen molar-refractivity contribution in [1.82, 2.24) is 0 Å². The summed E-state index contributed by atoms with van der Waals surface area (Å²) in [5, 5.41) is 19.3. The minimum absolute atomic E-state index is 0.690. The van der Waals surface area contributed by atoms with E-state index in [1.54, 1.807) is 0 Å². The van der Waals surface area contributed by atoms with Gasteiger partial charge < -0.3 is 10.8 Å². The van der Waals surface area contributed by atoms with E-state index in [2.05, 4.69) is 0 Å². The highest BCUT2D eigenvalue weighted by molar-refractivity contribution is 5.86. The lowest BCUT2D eigenvalue weighted by molar-refractivity contribution is -0.527. The summed E-state index contributed by atoms with van der Waals surface area (Å²) >= 11 is 0. The summed E-state index contributed by atoms with van der Waals surface area (Å²) in [5.74, 6) is -3.09. The second-order valence-electron chi connectivity index (χ2n) is 3.03. The maximum Gasteiger partial charge on any atom is 0.391 e. The van der Waals surface area contributed by atoms with Crippen LogP contribution < -0.4 is 5.73 Å². The molecule has 1 amide bonds. The van der Waals surface area contributed by atoms with Gasteiger partial charge in [-0.2, -0.15) is 0 Å². The van der Waals surface area contributed by atoms with Gasteiger partial charge in [0.25, 0.3) is 0 Å². The second-order valence-corrected chi connectivity index (χ2v) is 3.03. The molecular formula is C8H8N2O5. The number of primary amides is 1.